The van der Waals surface area contributed by atoms with Crippen molar-refractivity contribution < 1.29 is 0 Å². The highest BCUT2D eigenvalue weighted by molar-refractivity contribution is 7.71. The van der Waals surface area contributed by atoms with E-state index < -0.39 is 0 Å². The van der Waals surface area contributed by atoms with Crippen LogP contribution in [-0.4, -0.2) is 60.2 Å². The Morgan fingerprint density at radius 1 is 1.08 bits per heavy atom. The number of anilines is 1. The fourth-order valence-corrected chi connectivity index (χ4v) is 3.48. The molecule has 0 aliphatic carbocycles. The Balaban J connectivity index is 1.49. The van der Waals surface area contributed by atoms with E-state index in [0.29, 0.717) is 17.2 Å². The van der Waals surface area contributed by atoms with Gasteiger partial charge >= 0.3 is 0 Å². The summed E-state index contributed by atoms with van der Waals surface area (Å²) >= 11 is 5.59. The first-order valence-corrected chi connectivity index (χ1v) is 8.71. The van der Waals surface area contributed by atoms with Crippen LogP contribution in [0.2, 0.25) is 0 Å². The highest BCUT2D eigenvalue weighted by atomic mass is 32.1. The van der Waals surface area contributed by atoms with E-state index in [0.717, 1.165) is 43.5 Å². The fourth-order valence-electron chi connectivity index (χ4n) is 3.16. The van der Waals surface area contributed by atoms with Crippen molar-refractivity contribution in [3.63, 3.8) is 0 Å². The van der Waals surface area contributed by atoms with Crippen LogP contribution in [0.15, 0.2) is 24.5 Å². The minimum absolute atomic E-state index is 0.666. The van der Waals surface area contributed by atoms with Crippen LogP contribution < -0.4 is 4.90 Å². The molecule has 0 bridgehead atoms. The third-order valence-electron chi connectivity index (χ3n) is 4.41. The summed E-state index contributed by atoms with van der Waals surface area (Å²) in [7, 11) is 0. The monoisotopic (exact) mass is 356 g/mol. The van der Waals surface area contributed by atoms with Gasteiger partial charge in [-0.2, -0.15) is 0 Å². The number of aryl methyl sites for hydroxylation is 2. The number of nitrogens with zero attached hydrogens (tertiary/aromatic N) is 8. The van der Waals surface area contributed by atoms with Crippen molar-refractivity contribution in [1.29, 1.82) is 0 Å². The van der Waals surface area contributed by atoms with Gasteiger partial charge in [0.2, 0.25) is 10.7 Å². The summed E-state index contributed by atoms with van der Waals surface area (Å²) in [4.78, 5) is 17.7. The van der Waals surface area contributed by atoms with E-state index in [2.05, 4.69) is 29.9 Å². The highest BCUT2D eigenvalue weighted by Gasteiger charge is 2.20. The quantitative estimate of drug-likeness (QED) is 0.658. The van der Waals surface area contributed by atoms with Crippen LogP contribution in [-0.2, 0) is 6.67 Å². The molecule has 1 aliphatic heterocycles. The first kappa shape index (κ1) is 16.1. The molecule has 3 aromatic rings. The normalized spacial score (nSPS) is 15.8. The van der Waals surface area contributed by atoms with Gasteiger partial charge in [-0.1, -0.05) is 0 Å². The van der Waals surface area contributed by atoms with Gasteiger partial charge in [-0.3, -0.25) is 9.30 Å². The van der Waals surface area contributed by atoms with Crippen LogP contribution in [0.25, 0.3) is 5.78 Å². The molecule has 8 nitrogen and oxygen atoms in total. The molecule has 4 heterocycles. The Morgan fingerprint density at radius 2 is 1.80 bits per heavy atom. The molecule has 0 aromatic carbocycles. The minimum atomic E-state index is 0.666. The largest absolute Gasteiger partial charge is 0.338 e. The molecule has 25 heavy (non-hydrogen) atoms. The summed E-state index contributed by atoms with van der Waals surface area (Å²) in [5.74, 6) is 1.46. The average molecular weight is 356 g/mol. The first-order chi connectivity index (χ1) is 12.1. The molecule has 130 valence electrons. The van der Waals surface area contributed by atoms with E-state index >= 15 is 0 Å². The second-order valence-electron chi connectivity index (χ2n) is 6.25. The molecule has 0 unspecified atom stereocenters. The first-order valence-electron chi connectivity index (χ1n) is 8.30. The number of piperazine rings is 1. The molecule has 1 aliphatic rings. The average Bonchev–Trinajstić information content (AvgIpc) is 2.92. The molecule has 1 saturated heterocycles. The molecular formula is C16H20N8S. The number of rotatable bonds is 3. The summed E-state index contributed by atoms with van der Waals surface area (Å²) in [5.41, 5.74) is 2.01. The highest BCUT2D eigenvalue weighted by Crippen LogP contribution is 2.12. The van der Waals surface area contributed by atoms with Gasteiger partial charge in [-0.05, 0) is 38.2 Å². The predicted molar refractivity (Wildman–Crippen MR) is 97.1 cm³/mol. The number of fused-ring (bicyclic) bond motifs is 1. The lowest BCUT2D eigenvalue weighted by molar-refractivity contribution is 0.194. The zero-order valence-corrected chi connectivity index (χ0v) is 15.1. The zero-order chi connectivity index (χ0) is 17.4. The smallest absolute Gasteiger partial charge is 0.254 e. The van der Waals surface area contributed by atoms with Crippen molar-refractivity contribution in [2.45, 2.75) is 20.5 Å². The summed E-state index contributed by atoms with van der Waals surface area (Å²) in [6.45, 7) is 8.28. The van der Waals surface area contributed by atoms with Crippen LogP contribution in [0.1, 0.15) is 11.4 Å². The van der Waals surface area contributed by atoms with Gasteiger partial charge in [-0.25, -0.2) is 19.6 Å². The van der Waals surface area contributed by atoms with E-state index in [1.165, 1.54) is 0 Å². The number of hydrogen-bond donors (Lipinski definition) is 0. The topological polar surface area (TPSA) is 67.4 Å². The summed E-state index contributed by atoms with van der Waals surface area (Å²) < 4.78 is 4.48. The van der Waals surface area contributed by atoms with Gasteiger partial charge in [0.15, 0.2) is 0 Å². The van der Waals surface area contributed by atoms with Crippen molar-refractivity contribution in [3.05, 3.63) is 40.7 Å². The van der Waals surface area contributed by atoms with Crippen molar-refractivity contribution in [2.75, 3.05) is 31.1 Å². The number of aromatic nitrogens is 6. The second kappa shape index (κ2) is 6.49. The van der Waals surface area contributed by atoms with E-state index in [-0.39, 0.29) is 0 Å². The maximum atomic E-state index is 5.59. The molecular weight excluding hydrogens is 336 g/mol. The van der Waals surface area contributed by atoms with Crippen molar-refractivity contribution >= 4 is 23.9 Å². The molecule has 4 rings (SSSR count). The molecule has 9 heteroatoms. The van der Waals surface area contributed by atoms with Gasteiger partial charge < -0.3 is 4.90 Å². The van der Waals surface area contributed by atoms with Crippen LogP contribution in [0.4, 0.5) is 5.95 Å². The SMILES string of the molecule is Cc1cc(C)n2c(=S)n(CN3CCN(c4ncccn4)CC3)nc2n1. The van der Waals surface area contributed by atoms with Crippen LogP contribution in [0.3, 0.4) is 0 Å². The van der Waals surface area contributed by atoms with E-state index in [4.69, 9.17) is 12.2 Å². The van der Waals surface area contributed by atoms with Crippen LogP contribution in [0.5, 0.6) is 0 Å². The summed E-state index contributed by atoms with van der Waals surface area (Å²) in [5, 5.41) is 4.59. The molecule has 1 fully saturated rings. The van der Waals surface area contributed by atoms with Crippen LogP contribution >= 0.6 is 12.2 Å². The van der Waals surface area contributed by atoms with Crippen molar-refractivity contribution in [1.82, 2.24) is 34.0 Å². The zero-order valence-electron chi connectivity index (χ0n) is 14.3. The maximum Gasteiger partial charge on any atom is 0.254 e. The Bertz CT molecular complexity index is 940. The predicted octanol–water partition coefficient (Wildman–Crippen LogP) is 1.45. The second-order valence-corrected chi connectivity index (χ2v) is 6.62. The lowest BCUT2D eigenvalue weighted by Crippen LogP contribution is -2.47. The van der Waals surface area contributed by atoms with Gasteiger partial charge in [0.05, 0.1) is 6.67 Å². The summed E-state index contributed by atoms with van der Waals surface area (Å²) in [6.07, 6.45) is 3.56. The Morgan fingerprint density at radius 3 is 2.52 bits per heavy atom. The van der Waals surface area contributed by atoms with Gasteiger partial charge in [0.1, 0.15) is 0 Å². The molecule has 0 saturated carbocycles. The van der Waals surface area contributed by atoms with E-state index in [1.807, 2.05) is 35.1 Å². The van der Waals surface area contributed by atoms with E-state index in [9.17, 15) is 0 Å². The Hall–Kier alpha value is -2.39. The lowest BCUT2D eigenvalue weighted by Gasteiger charge is -2.34. The van der Waals surface area contributed by atoms with Gasteiger partial charge in [0.25, 0.3) is 5.78 Å². The van der Waals surface area contributed by atoms with Crippen molar-refractivity contribution in [2.24, 2.45) is 0 Å². The third kappa shape index (κ3) is 3.12. The molecule has 0 spiro atoms. The van der Waals surface area contributed by atoms with Gasteiger partial charge in [-0.15, -0.1) is 5.10 Å². The van der Waals surface area contributed by atoms with Crippen LogP contribution in [0, 0.1) is 18.6 Å². The Kier molecular flexibility index (Phi) is 4.18. The summed E-state index contributed by atoms with van der Waals surface area (Å²) in [6, 6.07) is 3.86. The molecule has 0 radical (unpaired) electrons. The molecule has 0 N–H and O–H groups in total. The molecule has 0 atom stereocenters. The van der Waals surface area contributed by atoms with E-state index in [1.54, 1.807) is 12.4 Å². The van der Waals surface area contributed by atoms with Crippen molar-refractivity contribution in [3.8, 4) is 0 Å². The maximum absolute atomic E-state index is 5.59. The lowest BCUT2D eigenvalue weighted by atomic mass is 10.3. The van der Waals surface area contributed by atoms with Gasteiger partial charge in [0, 0.05) is 50.0 Å². The number of hydrogen-bond acceptors (Lipinski definition) is 7. The fraction of sp³-hybridized carbons (Fsp3) is 0.438. The minimum Gasteiger partial charge on any atom is -0.338 e. The Labute approximate surface area is 150 Å². The molecule has 3 aromatic heterocycles. The third-order valence-corrected chi connectivity index (χ3v) is 4.80. The standard InChI is InChI=1S/C16H20N8S/c1-12-10-13(2)24-15(19-12)20-23(16(24)25)11-21-6-8-22(9-7-21)14-17-4-3-5-18-14/h3-5,10H,6-9,11H2,1-2H3. The molecule has 0 amide bonds.